The monoisotopic (exact) mass is 268 g/mol. The third-order valence-corrected chi connectivity index (χ3v) is 3.07. The Morgan fingerprint density at radius 2 is 2.06 bits per heavy atom. The van der Waals surface area contributed by atoms with Gasteiger partial charge >= 0.3 is 0 Å². The van der Waals surface area contributed by atoms with Crippen LogP contribution in [0.4, 0.5) is 0 Å². The van der Waals surface area contributed by atoms with Gasteiger partial charge in [-0.25, -0.2) is 0 Å². The number of carbonyl (C=O) groups is 1. The van der Waals surface area contributed by atoms with Gasteiger partial charge in [0.05, 0.1) is 5.92 Å². The summed E-state index contributed by atoms with van der Waals surface area (Å²) >= 11 is 6.17. The van der Waals surface area contributed by atoms with Crippen molar-refractivity contribution in [3.8, 4) is 0 Å². The van der Waals surface area contributed by atoms with Gasteiger partial charge in [0, 0.05) is 11.1 Å². The van der Waals surface area contributed by atoms with Crippen LogP contribution < -0.4 is 11.1 Å². The van der Waals surface area contributed by atoms with Gasteiger partial charge in [0.1, 0.15) is 0 Å². The molecule has 1 rings (SSSR count). The van der Waals surface area contributed by atoms with Crippen LogP contribution in [0.15, 0.2) is 24.3 Å². The molecule has 4 heteroatoms. The van der Waals surface area contributed by atoms with E-state index >= 15 is 0 Å². The fourth-order valence-corrected chi connectivity index (χ4v) is 2.16. The zero-order valence-electron chi connectivity index (χ0n) is 10.9. The maximum absolute atomic E-state index is 12.2. The van der Waals surface area contributed by atoms with Gasteiger partial charge < -0.3 is 11.1 Å². The first-order valence-corrected chi connectivity index (χ1v) is 6.69. The summed E-state index contributed by atoms with van der Waals surface area (Å²) in [5.41, 5.74) is 6.41. The average Bonchev–Trinajstić information content (AvgIpc) is 2.31. The Morgan fingerprint density at radius 1 is 1.39 bits per heavy atom. The summed E-state index contributed by atoms with van der Waals surface area (Å²) in [6, 6.07) is 7.62. The minimum Gasteiger partial charge on any atom is -0.353 e. The Morgan fingerprint density at radius 3 is 2.61 bits per heavy atom. The van der Waals surface area contributed by atoms with Crippen molar-refractivity contribution in [2.45, 2.75) is 38.6 Å². The van der Waals surface area contributed by atoms with E-state index in [1.165, 1.54) is 0 Å². The molecule has 3 N–H and O–H groups in total. The number of rotatable bonds is 6. The SMILES string of the molecule is CC(C)NC(=O)C(CCCN)c1ccccc1Cl. The summed E-state index contributed by atoms with van der Waals surface area (Å²) < 4.78 is 0. The summed E-state index contributed by atoms with van der Waals surface area (Å²) in [5, 5.41) is 3.58. The van der Waals surface area contributed by atoms with Gasteiger partial charge in [0.15, 0.2) is 0 Å². The molecule has 0 heterocycles. The van der Waals surface area contributed by atoms with Crippen LogP contribution in [0.5, 0.6) is 0 Å². The number of amides is 1. The molecule has 0 aliphatic carbocycles. The van der Waals surface area contributed by atoms with E-state index in [9.17, 15) is 4.79 Å². The number of hydrogen-bond acceptors (Lipinski definition) is 2. The molecule has 0 spiro atoms. The van der Waals surface area contributed by atoms with Crippen molar-refractivity contribution in [1.82, 2.24) is 5.32 Å². The number of halogens is 1. The Bertz CT molecular complexity index is 393. The summed E-state index contributed by atoms with van der Waals surface area (Å²) in [5.74, 6) is -0.198. The predicted molar refractivity (Wildman–Crippen MR) is 75.8 cm³/mol. The van der Waals surface area contributed by atoms with E-state index in [4.69, 9.17) is 17.3 Å². The van der Waals surface area contributed by atoms with Crippen molar-refractivity contribution in [3.63, 3.8) is 0 Å². The normalized spacial score (nSPS) is 12.5. The molecule has 18 heavy (non-hydrogen) atoms. The minimum atomic E-state index is -0.218. The van der Waals surface area contributed by atoms with Crippen LogP contribution in [-0.4, -0.2) is 18.5 Å². The summed E-state index contributed by atoms with van der Waals surface area (Å²) in [6.45, 7) is 4.48. The third-order valence-electron chi connectivity index (χ3n) is 2.72. The van der Waals surface area contributed by atoms with Crippen LogP contribution in [0.3, 0.4) is 0 Å². The van der Waals surface area contributed by atoms with Gasteiger partial charge in [-0.15, -0.1) is 0 Å². The Balaban J connectivity index is 2.90. The maximum Gasteiger partial charge on any atom is 0.227 e. The molecule has 1 unspecified atom stereocenters. The molecule has 3 nitrogen and oxygen atoms in total. The molecule has 1 aromatic carbocycles. The largest absolute Gasteiger partial charge is 0.353 e. The summed E-state index contributed by atoms with van der Waals surface area (Å²) in [7, 11) is 0. The van der Waals surface area contributed by atoms with Crippen molar-refractivity contribution in [3.05, 3.63) is 34.9 Å². The van der Waals surface area contributed by atoms with Gasteiger partial charge in [-0.05, 0) is 44.9 Å². The second-order valence-corrected chi connectivity index (χ2v) is 5.08. The van der Waals surface area contributed by atoms with Crippen LogP contribution in [0.2, 0.25) is 5.02 Å². The summed E-state index contributed by atoms with van der Waals surface area (Å²) in [6.07, 6.45) is 1.53. The first-order chi connectivity index (χ1) is 8.56. The fourth-order valence-electron chi connectivity index (χ4n) is 1.89. The lowest BCUT2D eigenvalue weighted by Gasteiger charge is -2.19. The predicted octanol–water partition coefficient (Wildman–Crippen LogP) is 2.69. The van der Waals surface area contributed by atoms with E-state index in [0.29, 0.717) is 11.6 Å². The lowest BCUT2D eigenvalue weighted by molar-refractivity contribution is -0.123. The van der Waals surface area contributed by atoms with Gasteiger partial charge in [-0.1, -0.05) is 29.8 Å². The molecular formula is C14H21ClN2O. The summed E-state index contributed by atoms with van der Waals surface area (Å²) in [4.78, 5) is 12.2. The lowest BCUT2D eigenvalue weighted by atomic mass is 9.93. The Kier molecular flexibility index (Phi) is 6.16. The molecule has 1 aromatic rings. The molecule has 100 valence electrons. The molecule has 1 amide bonds. The van der Waals surface area contributed by atoms with E-state index in [0.717, 1.165) is 18.4 Å². The highest BCUT2D eigenvalue weighted by Gasteiger charge is 2.22. The van der Waals surface area contributed by atoms with Crippen molar-refractivity contribution in [2.75, 3.05) is 6.54 Å². The van der Waals surface area contributed by atoms with Crippen molar-refractivity contribution in [2.24, 2.45) is 5.73 Å². The molecule has 1 atom stereocenters. The van der Waals surface area contributed by atoms with E-state index in [2.05, 4.69) is 5.32 Å². The average molecular weight is 269 g/mol. The quantitative estimate of drug-likeness (QED) is 0.833. The van der Waals surface area contributed by atoms with Gasteiger partial charge in [0.2, 0.25) is 5.91 Å². The number of hydrogen-bond donors (Lipinski definition) is 2. The van der Waals surface area contributed by atoms with E-state index in [1.807, 2.05) is 38.1 Å². The van der Waals surface area contributed by atoms with Crippen LogP contribution in [0, 0.1) is 0 Å². The first-order valence-electron chi connectivity index (χ1n) is 6.31. The lowest BCUT2D eigenvalue weighted by Crippen LogP contribution is -2.34. The highest BCUT2D eigenvalue weighted by atomic mass is 35.5. The smallest absolute Gasteiger partial charge is 0.227 e. The van der Waals surface area contributed by atoms with Gasteiger partial charge in [0.25, 0.3) is 0 Å². The zero-order chi connectivity index (χ0) is 13.5. The van der Waals surface area contributed by atoms with E-state index in [-0.39, 0.29) is 17.9 Å². The fraction of sp³-hybridized carbons (Fsp3) is 0.500. The molecular weight excluding hydrogens is 248 g/mol. The molecule has 0 aromatic heterocycles. The second kappa shape index (κ2) is 7.39. The molecule has 0 aliphatic rings. The van der Waals surface area contributed by atoms with Crippen LogP contribution in [-0.2, 0) is 4.79 Å². The van der Waals surface area contributed by atoms with Gasteiger partial charge in [-0.3, -0.25) is 4.79 Å². The minimum absolute atomic E-state index is 0.0200. The van der Waals surface area contributed by atoms with Crippen LogP contribution >= 0.6 is 11.6 Å². The van der Waals surface area contributed by atoms with Gasteiger partial charge in [-0.2, -0.15) is 0 Å². The maximum atomic E-state index is 12.2. The molecule has 0 saturated heterocycles. The second-order valence-electron chi connectivity index (χ2n) is 4.67. The van der Waals surface area contributed by atoms with Crippen molar-refractivity contribution in [1.29, 1.82) is 0 Å². The zero-order valence-corrected chi connectivity index (χ0v) is 11.7. The Labute approximate surface area is 114 Å². The van der Waals surface area contributed by atoms with E-state index in [1.54, 1.807) is 0 Å². The topological polar surface area (TPSA) is 55.1 Å². The molecule has 0 bridgehead atoms. The first kappa shape index (κ1) is 15.0. The van der Waals surface area contributed by atoms with Crippen LogP contribution in [0.1, 0.15) is 38.2 Å². The number of carbonyl (C=O) groups excluding carboxylic acids is 1. The number of benzene rings is 1. The molecule has 0 fully saturated rings. The third kappa shape index (κ3) is 4.31. The number of nitrogens with one attached hydrogen (secondary N) is 1. The van der Waals surface area contributed by atoms with Crippen molar-refractivity contribution < 1.29 is 4.79 Å². The highest BCUT2D eigenvalue weighted by molar-refractivity contribution is 6.31. The number of nitrogens with two attached hydrogens (primary N) is 1. The van der Waals surface area contributed by atoms with Crippen molar-refractivity contribution >= 4 is 17.5 Å². The molecule has 0 saturated carbocycles. The molecule has 0 aliphatic heterocycles. The highest BCUT2D eigenvalue weighted by Crippen LogP contribution is 2.28. The standard InChI is InChI=1S/C14H21ClN2O/c1-10(2)17-14(18)12(7-5-9-16)11-6-3-4-8-13(11)15/h3-4,6,8,10,12H,5,7,9,16H2,1-2H3,(H,17,18). The van der Waals surface area contributed by atoms with E-state index < -0.39 is 0 Å². The molecule has 0 radical (unpaired) electrons. The van der Waals surface area contributed by atoms with Crippen LogP contribution in [0.25, 0.3) is 0 Å². The Hall–Kier alpha value is -1.06.